The van der Waals surface area contributed by atoms with E-state index in [1.165, 1.54) is 110 Å². The summed E-state index contributed by atoms with van der Waals surface area (Å²) in [5.41, 5.74) is 30.9. The minimum atomic E-state index is -0.0641. The van der Waals surface area contributed by atoms with Crippen molar-refractivity contribution in [1.29, 1.82) is 0 Å². The van der Waals surface area contributed by atoms with Gasteiger partial charge in [-0.05, 0) is 122 Å². The van der Waals surface area contributed by atoms with Crippen molar-refractivity contribution in [3.63, 3.8) is 0 Å². The quantitative estimate of drug-likeness (QED) is 0.153. The molecule has 3 nitrogen and oxygen atoms in total. The van der Waals surface area contributed by atoms with Crippen LogP contribution in [0.3, 0.4) is 0 Å². The third kappa shape index (κ3) is 7.87. The molecule has 10 aromatic rings. The van der Waals surface area contributed by atoms with Gasteiger partial charge in [-0.3, -0.25) is 9.97 Å². The van der Waals surface area contributed by atoms with E-state index in [9.17, 15) is 0 Å². The summed E-state index contributed by atoms with van der Waals surface area (Å²) in [5.74, 6) is 1.55. The van der Waals surface area contributed by atoms with E-state index in [0.29, 0.717) is 0 Å². The molecule has 0 unspecified atom stereocenters. The highest BCUT2D eigenvalue weighted by atomic mass is 16.5. The van der Waals surface area contributed by atoms with Crippen LogP contribution in [-0.2, 0) is 0 Å². The summed E-state index contributed by atoms with van der Waals surface area (Å²) < 4.78 is 7.65. The fraction of sp³-hybridized carbons (Fsp3) is 0.134. The SMILES string of the molecule is Cc1cccc(-c2cc(Oc3cc4c(c(-c5ccccn5)c3)B(c3c(C)cccc3C)c3ccccc3B4c3c(C)cccc3C)cc3c2B(c2c(C)cccc2C)c2ccccc2B3c2c(C)cccc2C)n1. The predicted molar refractivity (Wildman–Crippen MR) is 319 cm³/mol. The molecule has 0 saturated heterocycles. The van der Waals surface area contributed by atoms with Gasteiger partial charge in [0.2, 0.25) is 26.9 Å². The number of hydrogen-bond donors (Lipinski definition) is 0. The standard InChI is InChI=1S/C67H58B4N2O/c1-41-21-16-22-42(2)62(41)68-54-30-10-12-32-56(54)70(64-45(5)25-18-26-46(64)6)66-52(60-34-14-15-36-72-60)37-50(39-58(66)68)74-51-38-53(61-35-20-29-49(9)73-61)67-59(40-51)69(63-43(3)23-17-24-44(63)4)55-31-11-13-33-57(55)71(67)65-47(7)27-19-28-48(65)8/h10-40H,1-9H3. The van der Waals surface area contributed by atoms with Crippen molar-refractivity contribution >= 4 is 92.4 Å². The van der Waals surface area contributed by atoms with Crippen LogP contribution in [0.4, 0.5) is 0 Å². The summed E-state index contributed by atoms with van der Waals surface area (Å²) >= 11 is 0. The number of pyridine rings is 2. The molecule has 0 spiro atoms. The highest BCUT2D eigenvalue weighted by molar-refractivity contribution is 7.13. The molecule has 0 atom stereocenters. The first-order chi connectivity index (χ1) is 36.0. The van der Waals surface area contributed by atoms with Crippen molar-refractivity contribution < 1.29 is 4.74 Å². The first kappa shape index (κ1) is 47.1. The first-order valence-electron chi connectivity index (χ1n) is 26.3. The summed E-state index contributed by atoms with van der Waals surface area (Å²) in [6.45, 7) is 20.0. The van der Waals surface area contributed by atoms with E-state index >= 15 is 0 Å². The molecule has 74 heavy (non-hydrogen) atoms. The number of nitrogens with zero attached hydrogens (tertiary/aromatic N) is 2. The Labute approximate surface area is 439 Å². The molecule has 0 saturated carbocycles. The lowest BCUT2D eigenvalue weighted by Gasteiger charge is -2.36. The van der Waals surface area contributed by atoms with Crippen LogP contribution >= 0.6 is 0 Å². The summed E-state index contributed by atoms with van der Waals surface area (Å²) in [7, 11) is 0. The molecule has 12 rings (SSSR count). The zero-order chi connectivity index (χ0) is 50.9. The van der Waals surface area contributed by atoms with Crippen LogP contribution in [0.15, 0.2) is 188 Å². The third-order valence-corrected chi connectivity index (χ3v) is 16.5. The lowest BCUT2D eigenvalue weighted by atomic mass is 9.20. The van der Waals surface area contributed by atoms with Crippen molar-refractivity contribution in [2.24, 2.45) is 0 Å². The van der Waals surface area contributed by atoms with Crippen molar-refractivity contribution in [1.82, 2.24) is 9.97 Å². The van der Waals surface area contributed by atoms with E-state index in [-0.39, 0.29) is 26.9 Å². The molecule has 4 heterocycles. The number of fused-ring (bicyclic) bond motifs is 4. The van der Waals surface area contributed by atoms with Gasteiger partial charge in [0.05, 0.1) is 11.4 Å². The van der Waals surface area contributed by atoms with Crippen LogP contribution in [0, 0.1) is 62.3 Å². The third-order valence-electron chi connectivity index (χ3n) is 16.5. The number of rotatable bonds is 8. The maximum atomic E-state index is 7.65. The van der Waals surface area contributed by atoms with Gasteiger partial charge in [0.25, 0.3) is 0 Å². The van der Waals surface area contributed by atoms with Gasteiger partial charge in [0.1, 0.15) is 11.5 Å². The Balaban J connectivity index is 1.17. The zero-order valence-electron chi connectivity index (χ0n) is 44.0. The van der Waals surface area contributed by atoms with E-state index in [1.54, 1.807) is 0 Å². The predicted octanol–water partition coefficient (Wildman–Crippen LogP) is 7.07. The molecule has 354 valence electrons. The maximum Gasteiger partial charge on any atom is 0.241 e. The monoisotopic (exact) mass is 950 g/mol. The lowest BCUT2D eigenvalue weighted by Crippen LogP contribution is -2.76. The second-order valence-corrected chi connectivity index (χ2v) is 21.1. The molecule has 0 bridgehead atoms. The van der Waals surface area contributed by atoms with E-state index < -0.39 is 0 Å². The highest BCUT2D eigenvalue weighted by Crippen LogP contribution is 2.31. The van der Waals surface area contributed by atoms with Gasteiger partial charge < -0.3 is 4.74 Å². The fourth-order valence-electron chi connectivity index (χ4n) is 13.4. The van der Waals surface area contributed by atoms with Gasteiger partial charge in [-0.2, -0.15) is 0 Å². The van der Waals surface area contributed by atoms with Gasteiger partial charge in [0.15, 0.2) is 0 Å². The molecule has 7 heteroatoms. The Kier molecular flexibility index (Phi) is 12.0. The molecular weight excluding hydrogens is 892 g/mol. The number of hydrogen-bond acceptors (Lipinski definition) is 3. The van der Waals surface area contributed by atoms with Crippen LogP contribution in [0.1, 0.15) is 50.2 Å². The van der Waals surface area contributed by atoms with E-state index in [4.69, 9.17) is 14.7 Å². The van der Waals surface area contributed by atoms with E-state index in [1.807, 2.05) is 12.3 Å². The van der Waals surface area contributed by atoms with Crippen molar-refractivity contribution in [3.05, 3.63) is 238 Å². The Morgan fingerprint density at radius 3 is 1.01 bits per heavy atom. The number of ether oxygens (including phenoxy) is 1. The van der Waals surface area contributed by atoms with Gasteiger partial charge in [-0.15, -0.1) is 0 Å². The summed E-state index contributed by atoms with van der Waals surface area (Å²) in [6.07, 6.45) is 1.92. The fourth-order valence-corrected chi connectivity index (χ4v) is 13.4. The molecule has 2 aliphatic heterocycles. The Morgan fingerprint density at radius 1 is 0.297 bits per heavy atom. The molecule has 0 radical (unpaired) electrons. The average Bonchev–Trinajstić information content (AvgIpc) is 3.39. The van der Waals surface area contributed by atoms with Gasteiger partial charge >= 0.3 is 0 Å². The topological polar surface area (TPSA) is 35.0 Å². The van der Waals surface area contributed by atoms with Crippen molar-refractivity contribution in [2.45, 2.75) is 62.3 Å². The normalized spacial score (nSPS) is 12.6. The van der Waals surface area contributed by atoms with Crippen LogP contribution in [0.25, 0.3) is 22.5 Å². The smallest absolute Gasteiger partial charge is 0.241 e. The molecule has 2 aliphatic rings. The van der Waals surface area contributed by atoms with Crippen LogP contribution in [-0.4, -0.2) is 36.8 Å². The second kappa shape index (κ2) is 18.9. The number of benzene rings is 8. The van der Waals surface area contributed by atoms with Crippen LogP contribution in [0.2, 0.25) is 0 Å². The summed E-state index contributed by atoms with van der Waals surface area (Å²) in [5, 5.41) is 0. The number of aryl methyl sites for hydroxylation is 9. The molecule has 0 amide bonds. The Bertz CT molecular complexity index is 3790. The summed E-state index contributed by atoms with van der Waals surface area (Å²) in [4.78, 5) is 10.5. The molecule has 0 aliphatic carbocycles. The minimum absolute atomic E-state index is 0.0446. The lowest BCUT2D eigenvalue weighted by molar-refractivity contribution is 0.484. The molecule has 0 fully saturated rings. The first-order valence-corrected chi connectivity index (χ1v) is 26.3. The largest absolute Gasteiger partial charge is 0.457 e. The molecule has 0 N–H and O–H groups in total. The zero-order valence-corrected chi connectivity index (χ0v) is 44.0. The second-order valence-electron chi connectivity index (χ2n) is 21.1. The van der Waals surface area contributed by atoms with Crippen LogP contribution < -0.4 is 70.3 Å². The number of aromatic nitrogens is 2. The Morgan fingerprint density at radius 2 is 0.635 bits per heavy atom. The maximum absolute atomic E-state index is 7.65. The molecule has 8 aromatic carbocycles. The van der Waals surface area contributed by atoms with Gasteiger partial charge in [-0.1, -0.05) is 244 Å². The van der Waals surface area contributed by atoms with E-state index in [0.717, 1.165) is 39.7 Å². The van der Waals surface area contributed by atoms with E-state index in [2.05, 4.69) is 238 Å². The average molecular weight is 950 g/mol. The van der Waals surface area contributed by atoms with Crippen molar-refractivity contribution in [3.8, 4) is 34.0 Å². The molecule has 2 aromatic heterocycles. The highest BCUT2D eigenvalue weighted by Gasteiger charge is 2.45. The Hall–Kier alpha value is -7.88. The minimum Gasteiger partial charge on any atom is -0.457 e. The molecular formula is C67H58B4N2O. The van der Waals surface area contributed by atoms with Crippen molar-refractivity contribution in [2.75, 3.05) is 0 Å². The van der Waals surface area contributed by atoms with Gasteiger partial charge in [-0.25, -0.2) is 0 Å². The summed E-state index contributed by atoms with van der Waals surface area (Å²) in [6, 6.07) is 67.3. The van der Waals surface area contributed by atoms with Gasteiger partial charge in [0, 0.05) is 11.9 Å². The van der Waals surface area contributed by atoms with Crippen LogP contribution in [0.5, 0.6) is 11.5 Å².